The topological polar surface area (TPSA) is 62.2 Å². The molecule has 4 nitrogen and oxygen atoms in total. The number of aliphatic hydroxyl groups is 1. The summed E-state index contributed by atoms with van der Waals surface area (Å²) in [4.78, 5) is 16.8. The second-order valence-electron chi connectivity index (χ2n) is 6.36. The van der Waals surface area contributed by atoms with Crippen LogP contribution in [-0.2, 0) is 6.61 Å². The third kappa shape index (κ3) is 5.08. The minimum absolute atomic E-state index is 0.0359. The predicted octanol–water partition coefficient (Wildman–Crippen LogP) is 4.03. The number of pyridine rings is 1. The molecule has 0 saturated carbocycles. The van der Waals surface area contributed by atoms with Gasteiger partial charge in [-0.05, 0) is 36.2 Å². The van der Waals surface area contributed by atoms with Crippen molar-refractivity contribution in [3.05, 3.63) is 53.2 Å². The summed E-state index contributed by atoms with van der Waals surface area (Å²) in [7, 11) is 0. The minimum Gasteiger partial charge on any atom is -0.392 e. The first kappa shape index (κ1) is 17.5. The van der Waals surface area contributed by atoms with E-state index in [1.807, 2.05) is 19.1 Å². The monoisotopic (exact) mass is 330 g/mol. The minimum atomic E-state index is -0.179. The van der Waals surface area contributed by atoms with Gasteiger partial charge in [0.25, 0.3) is 5.91 Å². The molecule has 0 bridgehead atoms. The number of benzene rings is 1. The highest BCUT2D eigenvalue weighted by molar-refractivity contribution is 8.00. The van der Waals surface area contributed by atoms with E-state index in [4.69, 9.17) is 0 Å². The number of nitrogens with one attached hydrogen (secondary N) is 1. The number of aryl methyl sites for hydroxylation is 1. The number of aromatic nitrogens is 1. The molecule has 2 aromatic rings. The van der Waals surface area contributed by atoms with E-state index in [2.05, 4.69) is 31.1 Å². The Bertz CT molecular complexity index is 708. The molecule has 1 amide bonds. The number of rotatable bonds is 4. The maximum absolute atomic E-state index is 12.5. The standard InChI is InChI=1S/C18H22N2O2S/c1-12-5-6-13(11-21)9-15(12)20-17(22)14-7-8-19-16(10-14)23-18(2,3)4/h5-10,21H,11H2,1-4H3,(H,20,22). The molecule has 2 N–H and O–H groups in total. The largest absolute Gasteiger partial charge is 0.392 e. The van der Waals surface area contributed by atoms with Crippen molar-refractivity contribution < 1.29 is 9.90 Å². The number of anilines is 1. The van der Waals surface area contributed by atoms with Crippen LogP contribution in [0.15, 0.2) is 41.6 Å². The molecule has 2 rings (SSSR count). The fourth-order valence-electron chi connectivity index (χ4n) is 2.02. The Balaban J connectivity index is 2.19. The van der Waals surface area contributed by atoms with Crippen molar-refractivity contribution in [2.24, 2.45) is 0 Å². The fourth-order valence-corrected chi connectivity index (χ4v) is 2.94. The normalized spacial score (nSPS) is 11.3. The van der Waals surface area contributed by atoms with Crippen molar-refractivity contribution in [3.8, 4) is 0 Å². The van der Waals surface area contributed by atoms with Gasteiger partial charge in [0.05, 0.1) is 11.6 Å². The summed E-state index contributed by atoms with van der Waals surface area (Å²) in [6.07, 6.45) is 1.65. The van der Waals surface area contributed by atoms with E-state index in [-0.39, 0.29) is 17.3 Å². The van der Waals surface area contributed by atoms with Crippen LogP contribution in [0.25, 0.3) is 0 Å². The number of aliphatic hydroxyl groups excluding tert-OH is 1. The number of hydrogen-bond donors (Lipinski definition) is 2. The smallest absolute Gasteiger partial charge is 0.255 e. The maximum Gasteiger partial charge on any atom is 0.255 e. The van der Waals surface area contributed by atoms with Crippen LogP contribution in [0.5, 0.6) is 0 Å². The number of hydrogen-bond acceptors (Lipinski definition) is 4. The Kier molecular flexibility index (Phi) is 5.44. The van der Waals surface area contributed by atoms with Gasteiger partial charge in [0.2, 0.25) is 0 Å². The third-order valence-corrected chi connectivity index (χ3v) is 4.19. The number of amides is 1. The van der Waals surface area contributed by atoms with Gasteiger partial charge in [-0.2, -0.15) is 0 Å². The zero-order valence-corrected chi connectivity index (χ0v) is 14.7. The molecule has 0 fully saturated rings. The summed E-state index contributed by atoms with van der Waals surface area (Å²) in [5.74, 6) is -0.179. The van der Waals surface area contributed by atoms with Gasteiger partial charge >= 0.3 is 0 Å². The van der Waals surface area contributed by atoms with Gasteiger partial charge in [0.1, 0.15) is 0 Å². The van der Waals surface area contributed by atoms with Gasteiger partial charge in [0, 0.05) is 22.2 Å². The fraction of sp³-hybridized carbons (Fsp3) is 0.333. The molecule has 0 radical (unpaired) electrons. The lowest BCUT2D eigenvalue weighted by Gasteiger charge is -2.17. The molecule has 5 heteroatoms. The first-order valence-corrected chi connectivity index (χ1v) is 8.27. The van der Waals surface area contributed by atoms with E-state index in [1.165, 1.54) is 0 Å². The Morgan fingerprint density at radius 2 is 2.00 bits per heavy atom. The lowest BCUT2D eigenvalue weighted by Crippen LogP contribution is -2.14. The lowest BCUT2D eigenvalue weighted by atomic mass is 10.1. The molecule has 0 unspecified atom stereocenters. The molecule has 122 valence electrons. The Morgan fingerprint density at radius 1 is 1.26 bits per heavy atom. The van der Waals surface area contributed by atoms with Crippen molar-refractivity contribution >= 4 is 23.4 Å². The Hall–Kier alpha value is -1.85. The number of thioether (sulfide) groups is 1. The van der Waals surface area contributed by atoms with Crippen LogP contribution in [0.4, 0.5) is 5.69 Å². The van der Waals surface area contributed by atoms with Crippen LogP contribution < -0.4 is 5.32 Å². The third-order valence-electron chi connectivity index (χ3n) is 3.14. The van der Waals surface area contributed by atoms with E-state index in [9.17, 15) is 9.90 Å². The second-order valence-corrected chi connectivity index (χ2v) is 8.21. The summed E-state index contributed by atoms with van der Waals surface area (Å²) < 4.78 is 0.0359. The van der Waals surface area contributed by atoms with Gasteiger partial charge in [-0.3, -0.25) is 4.79 Å². The molecule has 0 aliphatic heterocycles. The SMILES string of the molecule is Cc1ccc(CO)cc1NC(=O)c1ccnc(SC(C)(C)C)c1. The van der Waals surface area contributed by atoms with Crippen LogP contribution in [0, 0.1) is 6.92 Å². The van der Waals surface area contributed by atoms with Gasteiger partial charge in [0.15, 0.2) is 0 Å². The maximum atomic E-state index is 12.5. The summed E-state index contributed by atoms with van der Waals surface area (Å²) >= 11 is 1.62. The lowest BCUT2D eigenvalue weighted by molar-refractivity contribution is 0.102. The van der Waals surface area contributed by atoms with E-state index < -0.39 is 0 Å². The predicted molar refractivity (Wildman–Crippen MR) is 94.9 cm³/mol. The summed E-state index contributed by atoms with van der Waals surface area (Å²) in [5, 5.41) is 13.0. The number of carbonyl (C=O) groups is 1. The Morgan fingerprint density at radius 3 is 2.65 bits per heavy atom. The average Bonchev–Trinajstić information content (AvgIpc) is 2.48. The molecule has 0 atom stereocenters. The summed E-state index contributed by atoms with van der Waals surface area (Å²) in [6, 6.07) is 9.02. The molecular formula is C18H22N2O2S. The van der Waals surface area contributed by atoms with Crippen molar-refractivity contribution in [1.29, 1.82) is 0 Å². The van der Waals surface area contributed by atoms with E-state index >= 15 is 0 Å². The van der Waals surface area contributed by atoms with Crippen molar-refractivity contribution in [1.82, 2.24) is 4.98 Å². The average molecular weight is 330 g/mol. The molecule has 0 aliphatic carbocycles. The highest BCUT2D eigenvalue weighted by atomic mass is 32.2. The first-order chi connectivity index (χ1) is 10.8. The van der Waals surface area contributed by atoms with Crippen molar-refractivity contribution in [3.63, 3.8) is 0 Å². The molecule has 0 aliphatic rings. The molecular weight excluding hydrogens is 308 g/mol. The van der Waals surface area contributed by atoms with Crippen molar-refractivity contribution in [2.75, 3.05) is 5.32 Å². The van der Waals surface area contributed by atoms with Crippen LogP contribution in [-0.4, -0.2) is 20.7 Å². The molecule has 23 heavy (non-hydrogen) atoms. The summed E-state index contributed by atoms with van der Waals surface area (Å²) in [5.41, 5.74) is 3.00. The van der Waals surface area contributed by atoms with Gasteiger partial charge < -0.3 is 10.4 Å². The zero-order chi connectivity index (χ0) is 17.0. The molecule has 1 aromatic carbocycles. The Labute approximate surface area is 141 Å². The highest BCUT2D eigenvalue weighted by Crippen LogP contribution is 2.30. The van der Waals surface area contributed by atoms with E-state index in [0.717, 1.165) is 16.2 Å². The summed E-state index contributed by atoms with van der Waals surface area (Å²) in [6.45, 7) is 8.19. The van der Waals surface area contributed by atoms with Gasteiger partial charge in [-0.25, -0.2) is 4.98 Å². The van der Waals surface area contributed by atoms with Crippen LogP contribution in [0.2, 0.25) is 0 Å². The second kappa shape index (κ2) is 7.15. The van der Waals surface area contributed by atoms with Crippen LogP contribution in [0.3, 0.4) is 0 Å². The molecule has 1 aromatic heterocycles. The highest BCUT2D eigenvalue weighted by Gasteiger charge is 2.15. The number of nitrogens with zero attached hydrogens (tertiary/aromatic N) is 1. The molecule has 1 heterocycles. The van der Waals surface area contributed by atoms with E-state index in [0.29, 0.717) is 11.3 Å². The van der Waals surface area contributed by atoms with Gasteiger partial charge in [-0.15, -0.1) is 11.8 Å². The molecule has 0 saturated heterocycles. The zero-order valence-electron chi connectivity index (χ0n) is 13.9. The number of carbonyl (C=O) groups excluding carboxylic acids is 1. The van der Waals surface area contributed by atoms with Crippen LogP contribution in [0.1, 0.15) is 42.3 Å². The molecule has 0 spiro atoms. The quantitative estimate of drug-likeness (QED) is 0.831. The van der Waals surface area contributed by atoms with Crippen molar-refractivity contribution in [2.45, 2.75) is 44.1 Å². The van der Waals surface area contributed by atoms with Gasteiger partial charge in [-0.1, -0.05) is 32.9 Å². The first-order valence-electron chi connectivity index (χ1n) is 7.45. The van der Waals surface area contributed by atoms with E-state index in [1.54, 1.807) is 36.2 Å². The van der Waals surface area contributed by atoms with Crippen LogP contribution >= 0.6 is 11.8 Å².